The van der Waals surface area contributed by atoms with Gasteiger partial charge in [-0.1, -0.05) is 20.8 Å². The molecule has 2 spiro atoms. The van der Waals surface area contributed by atoms with E-state index in [0.717, 1.165) is 41.7 Å². The van der Waals surface area contributed by atoms with Crippen molar-refractivity contribution >= 4 is 59.5 Å². The Labute approximate surface area is 384 Å². The number of fused-ring (bicyclic) bond motifs is 7. The molecule has 2 unspecified atom stereocenters. The minimum atomic E-state index is -2.98. The normalized spacial score (nSPS) is 38.6. The van der Waals surface area contributed by atoms with Gasteiger partial charge in [-0.3, -0.25) is 48.1 Å². The molecule has 22 heteroatoms. The average molecular weight is 946 g/mol. The number of Topliss-reactive ketones (excluding diaryl/α,β-unsaturated/α-hetero) is 1. The number of ether oxygens (including phenoxy) is 10. The van der Waals surface area contributed by atoms with Crippen molar-refractivity contribution in [3.05, 3.63) is 29.6 Å². The number of pyridine rings is 1. The van der Waals surface area contributed by atoms with Crippen LogP contribution in [0.15, 0.2) is 18.3 Å². The van der Waals surface area contributed by atoms with Crippen LogP contribution in [0.2, 0.25) is 0 Å². The molecule has 2 saturated carbocycles. The minimum Gasteiger partial charge on any atom is -0.469 e. The first-order valence-corrected chi connectivity index (χ1v) is 21.7. The highest BCUT2D eigenvalue weighted by Gasteiger charge is 2.92. The summed E-state index contributed by atoms with van der Waals surface area (Å²) in [4.78, 5) is 143. The van der Waals surface area contributed by atoms with Crippen LogP contribution in [0.1, 0.15) is 104 Å². The van der Waals surface area contributed by atoms with Crippen molar-refractivity contribution in [2.75, 3.05) is 20.3 Å². The maximum Gasteiger partial charge on any atom is 0.340 e. The van der Waals surface area contributed by atoms with Gasteiger partial charge in [0.05, 0.1) is 42.5 Å². The van der Waals surface area contributed by atoms with Crippen molar-refractivity contribution < 1.29 is 100 Å². The van der Waals surface area contributed by atoms with Crippen molar-refractivity contribution in [1.82, 2.24) is 4.98 Å². The van der Waals surface area contributed by atoms with E-state index < -0.39 is 174 Å². The lowest BCUT2D eigenvalue weighted by molar-refractivity contribution is -0.387. The molecule has 4 heterocycles. The fourth-order valence-electron chi connectivity index (χ4n) is 10.6. The smallest absolute Gasteiger partial charge is 0.340 e. The SMILES string of the molecule is COC(=O)C[C@@H]1C(=O)CC[C@H](C)C(=O)O[C@@H]2[C@@H]3[C@@H](OC(C)=O)[C@@]45O[C@@]3(C)COC(=O)c3cccnc3C(C)C(C)C(=O)O[C@@H]([C@H](OC(C)=O)[C@H](OC(C)=O)[C@@]4(COC1=O)[C@@H]2OC(C)=O)[C@]5(C)O. The number of aromatic nitrogens is 1. The Morgan fingerprint density at radius 3 is 2.00 bits per heavy atom. The van der Waals surface area contributed by atoms with Crippen LogP contribution in [0.4, 0.5) is 0 Å². The first-order chi connectivity index (χ1) is 31.3. The van der Waals surface area contributed by atoms with Gasteiger partial charge in [-0.2, -0.15) is 0 Å². The molecule has 0 amide bonds. The van der Waals surface area contributed by atoms with Crippen molar-refractivity contribution in [1.29, 1.82) is 0 Å². The summed E-state index contributed by atoms with van der Waals surface area (Å²) in [5.74, 6) is -17.9. The zero-order valence-electron chi connectivity index (χ0n) is 38.7. The van der Waals surface area contributed by atoms with Crippen molar-refractivity contribution in [3.63, 3.8) is 0 Å². The van der Waals surface area contributed by atoms with Gasteiger partial charge < -0.3 is 52.5 Å². The lowest BCUT2D eigenvalue weighted by Gasteiger charge is -2.67. The summed E-state index contributed by atoms with van der Waals surface area (Å²) in [7, 11) is 1.01. The van der Waals surface area contributed by atoms with E-state index in [4.69, 9.17) is 47.4 Å². The zero-order valence-corrected chi connectivity index (χ0v) is 38.7. The number of carbonyl (C=O) groups excluding carboxylic acids is 10. The Morgan fingerprint density at radius 1 is 0.776 bits per heavy atom. The molecule has 366 valence electrons. The molecule has 0 radical (unpaired) electrons. The van der Waals surface area contributed by atoms with Crippen molar-refractivity contribution in [2.24, 2.45) is 29.1 Å². The molecule has 0 aromatic carbocycles. The second kappa shape index (κ2) is 18.6. The average Bonchev–Trinajstić information content (AvgIpc) is 3.47. The molecule has 2 saturated heterocycles. The largest absolute Gasteiger partial charge is 0.469 e. The second-order valence-electron chi connectivity index (χ2n) is 18.2. The molecule has 2 aliphatic carbocycles. The lowest BCUT2D eigenvalue weighted by Crippen LogP contribution is -2.89. The number of ketones is 1. The molecular weight excluding hydrogens is 890 g/mol. The van der Waals surface area contributed by atoms with E-state index in [1.165, 1.54) is 39.1 Å². The quantitative estimate of drug-likeness (QED) is 0.238. The molecule has 1 N–H and O–H groups in total. The number of carbonyl (C=O) groups is 10. The van der Waals surface area contributed by atoms with Crippen molar-refractivity contribution in [2.45, 2.75) is 141 Å². The summed E-state index contributed by atoms with van der Waals surface area (Å²) in [5.41, 5.74) is -11.0. The first-order valence-electron chi connectivity index (χ1n) is 21.7. The molecule has 6 rings (SSSR count). The summed E-state index contributed by atoms with van der Waals surface area (Å²) < 4.78 is 60.5. The third kappa shape index (κ3) is 8.50. The molecule has 15 atom stereocenters. The highest BCUT2D eigenvalue weighted by Crippen LogP contribution is 2.70. The molecule has 1 aromatic heterocycles. The number of aliphatic hydroxyl groups is 1. The predicted molar refractivity (Wildman–Crippen MR) is 217 cm³/mol. The van der Waals surface area contributed by atoms with E-state index in [1.807, 2.05) is 0 Å². The van der Waals surface area contributed by atoms with E-state index in [9.17, 15) is 53.1 Å². The Hall–Kier alpha value is -6.03. The summed E-state index contributed by atoms with van der Waals surface area (Å²) in [6.07, 6.45) is -13.2. The maximum atomic E-state index is 14.6. The first kappa shape index (κ1) is 50.4. The summed E-state index contributed by atoms with van der Waals surface area (Å²) in [6.45, 7) is 8.31. The summed E-state index contributed by atoms with van der Waals surface area (Å²) in [6, 6.07) is 2.84. The van der Waals surface area contributed by atoms with Crippen LogP contribution in [-0.4, -0.2) is 143 Å². The summed E-state index contributed by atoms with van der Waals surface area (Å²) >= 11 is 0. The van der Waals surface area contributed by atoms with Crippen molar-refractivity contribution in [3.8, 4) is 0 Å². The van der Waals surface area contributed by atoms with Crippen LogP contribution < -0.4 is 0 Å². The Balaban J connectivity index is 1.81. The summed E-state index contributed by atoms with van der Waals surface area (Å²) in [5, 5.41) is 13.7. The highest BCUT2D eigenvalue weighted by atomic mass is 16.7. The van der Waals surface area contributed by atoms with Gasteiger partial charge in [0.25, 0.3) is 0 Å². The fourth-order valence-corrected chi connectivity index (χ4v) is 10.6. The van der Waals surface area contributed by atoms with Gasteiger partial charge in [-0.15, -0.1) is 0 Å². The van der Waals surface area contributed by atoms with E-state index in [0.29, 0.717) is 0 Å². The number of nitrogens with zero attached hydrogens (tertiary/aromatic N) is 1. The minimum absolute atomic E-state index is 0.0891. The molecule has 1 aromatic rings. The molecule has 3 aliphatic heterocycles. The number of cyclic esters (lactones) is 2. The van der Waals surface area contributed by atoms with Crippen LogP contribution >= 0.6 is 0 Å². The molecular formula is C45H55NO21. The highest BCUT2D eigenvalue weighted by molar-refractivity contribution is 6.01. The van der Waals surface area contributed by atoms with Crippen LogP contribution in [0.5, 0.6) is 0 Å². The Bertz CT molecular complexity index is 2240. The number of hydrogen-bond donors (Lipinski definition) is 1. The Morgan fingerprint density at radius 2 is 1.39 bits per heavy atom. The third-order valence-electron chi connectivity index (χ3n) is 13.8. The fraction of sp³-hybridized carbons (Fsp3) is 0.667. The second-order valence-corrected chi connectivity index (χ2v) is 18.2. The molecule has 6 bridgehead atoms. The molecule has 5 aliphatic rings. The van der Waals surface area contributed by atoms with Gasteiger partial charge in [0.1, 0.15) is 53.7 Å². The van der Waals surface area contributed by atoms with E-state index >= 15 is 0 Å². The van der Waals surface area contributed by atoms with Gasteiger partial charge >= 0.3 is 53.7 Å². The lowest BCUT2D eigenvalue weighted by atomic mass is 9.45. The number of hydrogen-bond acceptors (Lipinski definition) is 22. The maximum absolute atomic E-state index is 14.6. The zero-order chi connectivity index (χ0) is 49.7. The van der Waals surface area contributed by atoms with E-state index in [-0.39, 0.29) is 17.7 Å². The monoisotopic (exact) mass is 945 g/mol. The molecule has 67 heavy (non-hydrogen) atoms. The standard InChI is InChI=1S/C45H55NO21/c1-19-13-14-28(51)27(16-29(52)58-10)41(56)60-18-44-36(63-24(6)49)32(65-38(19)53)30-34(62-23(5)48)45(44)43(9,57)35(33(61-22(4)47)37(44)64-25(7)50)66-39(54)21(3)20(2)31-26(12-11-15-46-31)40(55)59-17-42(30,8)67-45/h11-12,15,19-21,27,30,32-37,57H,13-14,16-18H2,1-10H3/t19-,20?,21?,27+,30+,32+,33-,34+,35-,36+,37-,42-,43-,44+,45-/m0/s1. The topological polar surface area (TPSA) is 296 Å². The van der Waals surface area contributed by atoms with Gasteiger partial charge in [0, 0.05) is 46.2 Å². The predicted octanol–water partition coefficient (Wildman–Crippen LogP) is 1.17. The number of rotatable bonds is 6. The molecule has 22 nitrogen and oxygen atoms in total. The van der Waals surface area contributed by atoms with Gasteiger partial charge in [0.2, 0.25) is 0 Å². The Kier molecular flexibility index (Phi) is 14.0. The van der Waals surface area contributed by atoms with Gasteiger partial charge in [0.15, 0.2) is 30.0 Å². The van der Waals surface area contributed by atoms with Crippen LogP contribution in [0.25, 0.3) is 0 Å². The van der Waals surface area contributed by atoms with E-state index in [1.54, 1.807) is 6.92 Å². The van der Waals surface area contributed by atoms with Crippen LogP contribution in [0.3, 0.4) is 0 Å². The number of esters is 9. The van der Waals surface area contributed by atoms with Gasteiger partial charge in [-0.05, 0) is 32.4 Å². The van der Waals surface area contributed by atoms with Gasteiger partial charge in [-0.25, -0.2) is 4.79 Å². The van der Waals surface area contributed by atoms with Crippen LogP contribution in [-0.2, 0) is 90.5 Å². The molecule has 4 fully saturated rings. The van der Waals surface area contributed by atoms with E-state index in [2.05, 4.69) is 4.98 Å². The third-order valence-corrected chi connectivity index (χ3v) is 13.8. The van der Waals surface area contributed by atoms with Crippen LogP contribution in [0, 0.1) is 29.1 Å². The number of methoxy groups -OCH3 is 1.